The third-order valence-electron chi connectivity index (χ3n) is 4.32. The van der Waals surface area contributed by atoms with Crippen LogP contribution in [0, 0.1) is 5.92 Å². The Morgan fingerprint density at radius 2 is 2.05 bits per heavy atom. The maximum atomic E-state index is 12.4. The third-order valence-corrected chi connectivity index (χ3v) is 4.32. The molecule has 1 saturated heterocycles. The summed E-state index contributed by atoms with van der Waals surface area (Å²) in [5.74, 6) is 0.277. The number of rotatable bonds is 3. The molecule has 2 aromatic rings. The highest BCUT2D eigenvalue weighted by Crippen LogP contribution is 2.24. The number of carbonyl (C=O) groups is 1. The molecule has 0 aliphatic carbocycles. The molecule has 0 spiro atoms. The van der Waals surface area contributed by atoms with E-state index in [2.05, 4.69) is 47.9 Å². The molecule has 3 heteroatoms. The highest BCUT2D eigenvalue weighted by atomic mass is 16.1. The van der Waals surface area contributed by atoms with Crippen molar-refractivity contribution < 1.29 is 4.79 Å². The molecule has 0 aromatic heterocycles. The predicted octanol–water partition coefficient (Wildman–Crippen LogP) is 3.02. The molecule has 2 atom stereocenters. The summed E-state index contributed by atoms with van der Waals surface area (Å²) in [5, 5.41) is 8.91. The summed E-state index contributed by atoms with van der Waals surface area (Å²) in [6.45, 7) is 3.90. The Morgan fingerprint density at radius 3 is 2.86 bits per heavy atom. The number of fused-ring (bicyclic) bond motifs is 1. The van der Waals surface area contributed by atoms with Crippen molar-refractivity contribution in [2.75, 3.05) is 13.1 Å². The highest BCUT2D eigenvalue weighted by Gasteiger charge is 2.22. The zero-order valence-corrected chi connectivity index (χ0v) is 12.4. The van der Waals surface area contributed by atoms with E-state index in [9.17, 15) is 4.79 Å². The molecule has 3 nitrogen and oxygen atoms in total. The van der Waals surface area contributed by atoms with Crippen molar-refractivity contribution in [2.45, 2.75) is 25.8 Å². The van der Waals surface area contributed by atoms with Gasteiger partial charge in [-0.15, -0.1) is 0 Å². The second-order valence-electron chi connectivity index (χ2n) is 5.84. The molecule has 1 aliphatic rings. The molecule has 110 valence electrons. The van der Waals surface area contributed by atoms with E-state index in [1.54, 1.807) is 0 Å². The minimum atomic E-state index is 0.0329. The van der Waals surface area contributed by atoms with Gasteiger partial charge in [0.05, 0.1) is 12.0 Å². The predicted molar refractivity (Wildman–Crippen MR) is 86.1 cm³/mol. The van der Waals surface area contributed by atoms with Crippen molar-refractivity contribution >= 4 is 16.7 Å². The summed E-state index contributed by atoms with van der Waals surface area (Å²) in [7, 11) is 0. The van der Waals surface area contributed by atoms with E-state index in [1.807, 2.05) is 12.1 Å². The van der Waals surface area contributed by atoms with Crippen LogP contribution in [0.5, 0.6) is 0 Å². The maximum Gasteiger partial charge on any atom is 0.224 e. The van der Waals surface area contributed by atoms with Gasteiger partial charge in [-0.05, 0) is 42.6 Å². The van der Waals surface area contributed by atoms with Crippen LogP contribution < -0.4 is 10.6 Å². The first-order valence-electron chi connectivity index (χ1n) is 7.74. The number of nitrogens with one attached hydrogen (secondary N) is 2. The van der Waals surface area contributed by atoms with Gasteiger partial charge < -0.3 is 10.6 Å². The van der Waals surface area contributed by atoms with Crippen LogP contribution in [0.3, 0.4) is 0 Å². The molecule has 1 amide bonds. The zero-order valence-electron chi connectivity index (χ0n) is 12.4. The van der Waals surface area contributed by atoms with Crippen LogP contribution in [-0.2, 0) is 4.79 Å². The van der Waals surface area contributed by atoms with E-state index >= 15 is 0 Å². The number of benzene rings is 2. The lowest BCUT2D eigenvalue weighted by molar-refractivity contribution is -0.126. The average molecular weight is 282 g/mol. The molecule has 2 N–H and O–H groups in total. The first kappa shape index (κ1) is 14.1. The van der Waals surface area contributed by atoms with Crippen LogP contribution in [0.4, 0.5) is 0 Å². The Hall–Kier alpha value is -1.87. The number of hydrogen-bond acceptors (Lipinski definition) is 2. The van der Waals surface area contributed by atoms with Crippen molar-refractivity contribution in [2.24, 2.45) is 5.92 Å². The molecule has 0 saturated carbocycles. The molecule has 0 bridgehead atoms. The van der Waals surface area contributed by atoms with E-state index in [1.165, 1.54) is 16.3 Å². The fourth-order valence-corrected chi connectivity index (χ4v) is 3.11. The smallest absolute Gasteiger partial charge is 0.224 e. The van der Waals surface area contributed by atoms with Crippen LogP contribution >= 0.6 is 0 Å². The van der Waals surface area contributed by atoms with Crippen molar-refractivity contribution in [3.63, 3.8) is 0 Å². The Kier molecular flexibility index (Phi) is 4.20. The first-order chi connectivity index (χ1) is 10.3. The molecular formula is C18H22N2O. The normalized spacial score (nSPS) is 20.1. The van der Waals surface area contributed by atoms with Gasteiger partial charge in [0.1, 0.15) is 0 Å². The SMILES string of the molecule is CC(NC(=O)C1CCCNC1)c1cccc2ccccc12. The Labute approximate surface area is 125 Å². The minimum absolute atomic E-state index is 0.0329. The molecule has 1 aliphatic heterocycles. The minimum Gasteiger partial charge on any atom is -0.349 e. The van der Waals surface area contributed by atoms with Gasteiger partial charge in [0, 0.05) is 6.54 Å². The monoisotopic (exact) mass is 282 g/mol. The van der Waals surface area contributed by atoms with Crippen molar-refractivity contribution in [1.29, 1.82) is 0 Å². The molecule has 2 aromatic carbocycles. The number of amides is 1. The second-order valence-corrected chi connectivity index (χ2v) is 5.84. The lowest BCUT2D eigenvalue weighted by atomic mass is 9.96. The van der Waals surface area contributed by atoms with Crippen LogP contribution in [0.15, 0.2) is 42.5 Å². The Bertz CT molecular complexity index is 627. The maximum absolute atomic E-state index is 12.4. The zero-order chi connectivity index (χ0) is 14.7. The van der Waals surface area contributed by atoms with Crippen molar-refractivity contribution in [1.82, 2.24) is 10.6 Å². The van der Waals surface area contributed by atoms with E-state index in [-0.39, 0.29) is 17.9 Å². The van der Waals surface area contributed by atoms with Gasteiger partial charge in [0.15, 0.2) is 0 Å². The van der Waals surface area contributed by atoms with Crippen LogP contribution in [0.1, 0.15) is 31.4 Å². The van der Waals surface area contributed by atoms with E-state index < -0.39 is 0 Å². The fourth-order valence-electron chi connectivity index (χ4n) is 3.11. The van der Waals surface area contributed by atoms with E-state index in [4.69, 9.17) is 0 Å². The summed E-state index contributed by atoms with van der Waals surface area (Å²) in [6.07, 6.45) is 2.07. The van der Waals surface area contributed by atoms with Gasteiger partial charge >= 0.3 is 0 Å². The van der Waals surface area contributed by atoms with Gasteiger partial charge in [-0.1, -0.05) is 42.5 Å². The van der Waals surface area contributed by atoms with Gasteiger partial charge in [-0.3, -0.25) is 4.79 Å². The molecule has 1 heterocycles. The molecular weight excluding hydrogens is 260 g/mol. The van der Waals surface area contributed by atoms with Crippen LogP contribution in [-0.4, -0.2) is 19.0 Å². The van der Waals surface area contributed by atoms with Gasteiger partial charge in [-0.2, -0.15) is 0 Å². The van der Waals surface area contributed by atoms with Crippen molar-refractivity contribution in [3.05, 3.63) is 48.0 Å². The molecule has 2 unspecified atom stereocenters. The summed E-state index contributed by atoms with van der Waals surface area (Å²) in [6, 6.07) is 14.6. The lowest BCUT2D eigenvalue weighted by Crippen LogP contribution is -2.41. The molecule has 21 heavy (non-hydrogen) atoms. The second kappa shape index (κ2) is 6.27. The molecule has 0 radical (unpaired) electrons. The number of hydrogen-bond donors (Lipinski definition) is 2. The summed E-state index contributed by atoms with van der Waals surface area (Å²) in [5.41, 5.74) is 1.19. The Balaban J connectivity index is 1.77. The van der Waals surface area contributed by atoms with E-state index in [0.717, 1.165) is 25.9 Å². The summed E-state index contributed by atoms with van der Waals surface area (Å²) in [4.78, 5) is 12.4. The number of carbonyl (C=O) groups excluding carboxylic acids is 1. The fraction of sp³-hybridized carbons (Fsp3) is 0.389. The lowest BCUT2D eigenvalue weighted by Gasteiger charge is -2.24. The summed E-state index contributed by atoms with van der Waals surface area (Å²) >= 11 is 0. The quantitative estimate of drug-likeness (QED) is 0.908. The Morgan fingerprint density at radius 1 is 1.24 bits per heavy atom. The van der Waals surface area contributed by atoms with Gasteiger partial charge in [0.2, 0.25) is 5.91 Å². The topological polar surface area (TPSA) is 41.1 Å². The summed E-state index contributed by atoms with van der Waals surface area (Å²) < 4.78 is 0. The van der Waals surface area contributed by atoms with E-state index in [0.29, 0.717) is 0 Å². The third kappa shape index (κ3) is 3.08. The standard InChI is InChI=1S/C18H22N2O/c1-13(20-18(21)15-8-5-11-19-12-15)16-10-4-7-14-6-2-3-9-17(14)16/h2-4,6-7,9-10,13,15,19H,5,8,11-12H2,1H3,(H,20,21). The van der Waals surface area contributed by atoms with Gasteiger partial charge in [0.25, 0.3) is 0 Å². The largest absolute Gasteiger partial charge is 0.349 e. The van der Waals surface area contributed by atoms with Gasteiger partial charge in [-0.25, -0.2) is 0 Å². The van der Waals surface area contributed by atoms with Crippen LogP contribution in [0.2, 0.25) is 0 Å². The highest BCUT2D eigenvalue weighted by molar-refractivity contribution is 5.87. The van der Waals surface area contributed by atoms with Crippen LogP contribution in [0.25, 0.3) is 10.8 Å². The molecule has 1 fully saturated rings. The molecule has 3 rings (SSSR count). The average Bonchev–Trinajstić information content (AvgIpc) is 2.55. The number of piperidine rings is 1. The van der Waals surface area contributed by atoms with Crippen molar-refractivity contribution in [3.8, 4) is 0 Å². The first-order valence-corrected chi connectivity index (χ1v) is 7.74.